The van der Waals surface area contributed by atoms with Gasteiger partial charge in [-0.2, -0.15) is 0 Å². The number of unbranched alkanes of at least 4 members (excludes halogenated alkanes) is 15. The second-order valence-electron chi connectivity index (χ2n) is 11.6. The quantitative estimate of drug-likeness (QED) is 0.0330. The van der Waals surface area contributed by atoms with Crippen molar-refractivity contribution in [2.75, 3.05) is 20.3 Å². The Kier molecular flexibility index (Phi) is 31.0. The molecule has 1 N–H and O–H groups in total. The third-order valence-electron chi connectivity index (χ3n) is 7.34. The fraction of sp³-hybridized carbons (Fsp3) is 0.778. The summed E-state index contributed by atoms with van der Waals surface area (Å²) in [6, 6.07) is 0. The van der Waals surface area contributed by atoms with Crippen LogP contribution in [-0.2, 0) is 32.7 Å². The summed E-state index contributed by atoms with van der Waals surface area (Å²) in [4.78, 5) is 34.2. The first-order chi connectivity index (χ1) is 21.8. The molecule has 0 aromatic rings. The molecule has 0 spiro atoms. The first-order valence-corrected chi connectivity index (χ1v) is 19.2. The molecule has 0 radical (unpaired) electrons. The van der Waals surface area contributed by atoms with Gasteiger partial charge < -0.3 is 14.4 Å². The van der Waals surface area contributed by atoms with E-state index in [1.165, 1.54) is 38.5 Å². The largest absolute Gasteiger partial charge is 0.472 e. The SMILES string of the molecule is CCC/C=C\CCCCCCCC(=O)OCC(COP(=O)(O)OC)OC(=O)CCCCCCC/C=C\C/C=C\CCCCCC. The molecule has 45 heavy (non-hydrogen) atoms. The fourth-order valence-electron chi connectivity index (χ4n) is 4.57. The maximum atomic E-state index is 12.4. The summed E-state index contributed by atoms with van der Waals surface area (Å²) in [5, 5.41) is 0. The van der Waals surface area contributed by atoms with Crippen LogP contribution in [0.2, 0.25) is 0 Å². The molecule has 0 saturated carbocycles. The Labute approximate surface area is 275 Å². The van der Waals surface area contributed by atoms with E-state index in [1.54, 1.807) is 0 Å². The summed E-state index contributed by atoms with van der Waals surface area (Å²) >= 11 is 0. The van der Waals surface area contributed by atoms with Gasteiger partial charge in [-0.3, -0.25) is 18.6 Å². The van der Waals surface area contributed by atoms with Crippen molar-refractivity contribution < 1.29 is 37.6 Å². The summed E-state index contributed by atoms with van der Waals surface area (Å²) in [5.41, 5.74) is 0. The van der Waals surface area contributed by atoms with Crippen molar-refractivity contribution in [1.82, 2.24) is 0 Å². The number of phosphoric acid groups is 1. The van der Waals surface area contributed by atoms with Crippen molar-refractivity contribution in [2.24, 2.45) is 0 Å². The predicted octanol–water partition coefficient (Wildman–Crippen LogP) is 10.5. The molecule has 0 fully saturated rings. The van der Waals surface area contributed by atoms with Gasteiger partial charge in [-0.05, 0) is 64.2 Å². The van der Waals surface area contributed by atoms with Crippen LogP contribution >= 0.6 is 7.82 Å². The van der Waals surface area contributed by atoms with Crippen LogP contribution in [0.4, 0.5) is 0 Å². The van der Waals surface area contributed by atoms with E-state index >= 15 is 0 Å². The molecule has 0 rings (SSSR count). The monoisotopic (exact) mass is 656 g/mol. The van der Waals surface area contributed by atoms with Crippen LogP contribution in [-0.4, -0.2) is 43.3 Å². The van der Waals surface area contributed by atoms with Gasteiger partial charge in [0.25, 0.3) is 0 Å². The van der Waals surface area contributed by atoms with Gasteiger partial charge >= 0.3 is 19.8 Å². The van der Waals surface area contributed by atoms with Gasteiger partial charge in [0, 0.05) is 20.0 Å². The predicted molar refractivity (Wildman–Crippen MR) is 184 cm³/mol. The number of allylic oxidation sites excluding steroid dienone is 6. The van der Waals surface area contributed by atoms with E-state index in [2.05, 4.69) is 54.8 Å². The van der Waals surface area contributed by atoms with Crippen molar-refractivity contribution in [3.63, 3.8) is 0 Å². The Bertz CT molecular complexity index is 839. The highest BCUT2D eigenvalue weighted by molar-refractivity contribution is 7.47. The summed E-state index contributed by atoms with van der Waals surface area (Å²) < 4.78 is 31.7. The first-order valence-electron chi connectivity index (χ1n) is 17.7. The molecule has 0 bridgehead atoms. The second-order valence-corrected chi connectivity index (χ2v) is 13.2. The van der Waals surface area contributed by atoms with Gasteiger partial charge in [0.15, 0.2) is 6.10 Å². The molecule has 0 heterocycles. The summed E-state index contributed by atoms with van der Waals surface area (Å²) in [7, 11) is -3.20. The highest BCUT2D eigenvalue weighted by atomic mass is 31.2. The average molecular weight is 657 g/mol. The molecule has 2 unspecified atom stereocenters. The van der Waals surface area contributed by atoms with Crippen LogP contribution in [0.1, 0.15) is 155 Å². The number of hydrogen-bond acceptors (Lipinski definition) is 7. The van der Waals surface area contributed by atoms with Crippen molar-refractivity contribution in [3.8, 4) is 0 Å². The molecular weight excluding hydrogens is 591 g/mol. The molecular formula is C36H65O8P. The fourth-order valence-corrected chi connectivity index (χ4v) is 5.03. The number of esters is 2. The van der Waals surface area contributed by atoms with E-state index < -0.39 is 26.5 Å². The van der Waals surface area contributed by atoms with E-state index in [0.29, 0.717) is 6.42 Å². The van der Waals surface area contributed by atoms with Gasteiger partial charge in [0.1, 0.15) is 6.61 Å². The van der Waals surface area contributed by atoms with Crippen LogP contribution in [0.25, 0.3) is 0 Å². The van der Waals surface area contributed by atoms with E-state index in [4.69, 9.17) is 14.0 Å². The molecule has 262 valence electrons. The third kappa shape index (κ3) is 32.0. The van der Waals surface area contributed by atoms with E-state index in [9.17, 15) is 19.0 Å². The number of ether oxygens (including phenoxy) is 2. The normalized spacial score (nSPS) is 14.0. The smallest absolute Gasteiger partial charge is 0.462 e. The molecule has 0 aromatic carbocycles. The topological polar surface area (TPSA) is 108 Å². The van der Waals surface area contributed by atoms with Gasteiger partial charge in [-0.25, -0.2) is 4.57 Å². The summed E-state index contributed by atoms with van der Waals surface area (Å²) in [6.45, 7) is 3.76. The Hall–Kier alpha value is -1.73. The summed E-state index contributed by atoms with van der Waals surface area (Å²) in [6.07, 6.45) is 34.8. The Balaban J connectivity index is 4.13. The number of rotatable bonds is 32. The van der Waals surface area contributed by atoms with Gasteiger partial charge in [-0.15, -0.1) is 0 Å². The molecule has 9 heteroatoms. The Morgan fingerprint density at radius 3 is 1.67 bits per heavy atom. The lowest BCUT2D eigenvalue weighted by molar-refractivity contribution is -0.161. The van der Waals surface area contributed by atoms with Crippen molar-refractivity contribution >= 4 is 19.8 Å². The van der Waals surface area contributed by atoms with Gasteiger partial charge in [0.05, 0.1) is 6.61 Å². The van der Waals surface area contributed by atoms with Crippen LogP contribution in [0, 0.1) is 0 Å². The zero-order chi connectivity index (χ0) is 33.3. The number of carbonyl (C=O) groups excluding carboxylic acids is 2. The van der Waals surface area contributed by atoms with Crippen molar-refractivity contribution in [1.29, 1.82) is 0 Å². The lowest BCUT2D eigenvalue weighted by Crippen LogP contribution is -2.29. The molecule has 8 nitrogen and oxygen atoms in total. The van der Waals surface area contributed by atoms with Crippen molar-refractivity contribution in [2.45, 2.75) is 161 Å². The molecule has 0 aliphatic rings. The molecule has 2 atom stereocenters. The minimum atomic E-state index is -4.26. The standard InChI is InChI=1S/C36H65O8P/c1-4-6-8-10-12-14-16-17-18-19-20-21-23-25-27-29-31-36(38)44-34(33-43-45(39,40)41-3)32-42-35(37)30-28-26-24-22-15-13-11-9-7-5-2/h9,11,14,16,18-19,34H,4-8,10,12-13,15,17,20-33H2,1-3H3,(H,39,40)/b11-9-,16-14-,19-18-. The number of phosphoric ester groups is 1. The average Bonchev–Trinajstić information content (AvgIpc) is 3.03. The second kappa shape index (κ2) is 32.2. The molecule has 0 aliphatic carbocycles. The zero-order valence-electron chi connectivity index (χ0n) is 28.8. The van der Waals surface area contributed by atoms with Crippen LogP contribution in [0.3, 0.4) is 0 Å². The van der Waals surface area contributed by atoms with Crippen LogP contribution < -0.4 is 0 Å². The highest BCUT2D eigenvalue weighted by Gasteiger charge is 2.24. The van der Waals surface area contributed by atoms with Gasteiger partial charge in [0.2, 0.25) is 0 Å². The minimum absolute atomic E-state index is 0.227. The third-order valence-corrected chi connectivity index (χ3v) is 8.27. The molecule has 0 amide bonds. The molecule has 0 aromatic heterocycles. The van der Waals surface area contributed by atoms with Gasteiger partial charge in [-0.1, -0.05) is 115 Å². The lowest BCUT2D eigenvalue weighted by atomic mass is 10.1. The molecule has 0 saturated heterocycles. The first kappa shape index (κ1) is 43.3. The number of carbonyl (C=O) groups is 2. The Morgan fingerprint density at radius 2 is 1.11 bits per heavy atom. The van der Waals surface area contributed by atoms with E-state index in [-0.39, 0.29) is 25.4 Å². The highest BCUT2D eigenvalue weighted by Crippen LogP contribution is 2.42. The lowest BCUT2D eigenvalue weighted by Gasteiger charge is -2.19. The minimum Gasteiger partial charge on any atom is -0.462 e. The van der Waals surface area contributed by atoms with E-state index in [0.717, 1.165) is 90.6 Å². The maximum absolute atomic E-state index is 12.4. The molecule has 0 aliphatic heterocycles. The zero-order valence-corrected chi connectivity index (χ0v) is 29.7. The Morgan fingerprint density at radius 1 is 0.622 bits per heavy atom. The maximum Gasteiger partial charge on any atom is 0.472 e. The van der Waals surface area contributed by atoms with Crippen LogP contribution in [0.5, 0.6) is 0 Å². The summed E-state index contributed by atoms with van der Waals surface area (Å²) in [5.74, 6) is -0.836. The van der Waals surface area contributed by atoms with E-state index in [1.807, 2.05) is 0 Å². The van der Waals surface area contributed by atoms with Crippen molar-refractivity contribution in [3.05, 3.63) is 36.5 Å². The van der Waals surface area contributed by atoms with Crippen LogP contribution in [0.15, 0.2) is 36.5 Å². The number of hydrogen-bond donors (Lipinski definition) is 1.